The zero-order valence-electron chi connectivity index (χ0n) is 11.6. The van der Waals surface area contributed by atoms with Crippen LogP contribution >= 0.6 is 11.8 Å². The third kappa shape index (κ3) is 4.80. The average Bonchev–Trinajstić information content (AvgIpc) is 2.34. The lowest BCUT2D eigenvalue weighted by Gasteiger charge is -2.23. The Morgan fingerprint density at radius 3 is 2.83 bits per heavy atom. The predicted octanol–water partition coefficient (Wildman–Crippen LogP) is 1.64. The molecule has 0 bridgehead atoms. The van der Waals surface area contributed by atoms with Crippen molar-refractivity contribution in [2.24, 2.45) is 5.84 Å². The SMILES string of the molecule is CSCCC(C)N(C)Cc1nc(C)cc(NN)n1. The Balaban J connectivity index is 2.63. The second kappa shape index (κ2) is 7.56. The van der Waals surface area contributed by atoms with E-state index in [9.17, 15) is 0 Å². The van der Waals surface area contributed by atoms with E-state index in [1.54, 1.807) is 0 Å². The fourth-order valence-corrected chi connectivity index (χ4v) is 2.24. The van der Waals surface area contributed by atoms with E-state index in [1.165, 1.54) is 12.2 Å². The van der Waals surface area contributed by atoms with Gasteiger partial charge in [-0.1, -0.05) is 0 Å². The normalized spacial score (nSPS) is 12.8. The summed E-state index contributed by atoms with van der Waals surface area (Å²) in [5.74, 6) is 8.04. The molecule has 0 saturated heterocycles. The van der Waals surface area contributed by atoms with Crippen molar-refractivity contribution in [3.05, 3.63) is 17.6 Å². The second-order valence-corrected chi connectivity index (χ2v) is 5.49. The summed E-state index contributed by atoms with van der Waals surface area (Å²) in [6, 6.07) is 2.36. The summed E-state index contributed by atoms with van der Waals surface area (Å²) in [5, 5.41) is 0. The molecule has 0 aromatic carbocycles. The van der Waals surface area contributed by atoms with E-state index < -0.39 is 0 Å². The summed E-state index contributed by atoms with van der Waals surface area (Å²) in [4.78, 5) is 11.1. The number of hydrazine groups is 1. The van der Waals surface area contributed by atoms with Crippen LogP contribution in [0.4, 0.5) is 5.82 Å². The molecule has 1 rings (SSSR count). The van der Waals surface area contributed by atoms with Crippen molar-refractivity contribution < 1.29 is 0 Å². The minimum atomic E-state index is 0.524. The van der Waals surface area contributed by atoms with Gasteiger partial charge in [-0.25, -0.2) is 15.8 Å². The summed E-state index contributed by atoms with van der Waals surface area (Å²) in [5.41, 5.74) is 3.50. The monoisotopic (exact) mass is 269 g/mol. The second-order valence-electron chi connectivity index (χ2n) is 4.50. The Morgan fingerprint density at radius 2 is 2.22 bits per heavy atom. The van der Waals surface area contributed by atoms with Gasteiger partial charge in [-0.15, -0.1) is 0 Å². The molecule has 3 N–H and O–H groups in total. The predicted molar refractivity (Wildman–Crippen MR) is 78.5 cm³/mol. The third-order valence-electron chi connectivity index (χ3n) is 2.93. The van der Waals surface area contributed by atoms with Gasteiger partial charge >= 0.3 is 0 Å². The van der Waals surface area contributed by atoms with Crippen molar-refractivity contribution in [3.8, 4) is 0 Å². The molecular weight excluding hydrogens is 246 g/mol. The molecule has 18 heavy (non-hydrogen) atoms. The number of hydrogen-bond acceptors (Lipinski definition) is 6. The Bertz CT molecular complexity index is 371. The molecule has 0 aliphatic rings. The van der Waals surface area contributed by atoms with Gasteiger partial charge in [0.25, 0.3) is 0 Å². The van der Waals surface area contributed by atoms with Gasteiger partial charge in [0.15, 0.2) is 0 Å². The van der Waals surface area contributed by atoms with E-state index in [1.807, 2.05) is 24.8 Å². The fraction of sp³-hybridized carbons (Fsp3) is 0.667. The van der Waals surface area contributed by atoms with Gasteiger partial charge in [0.1, 0.15) is 11.6 Å². The Hall–Kier alpha value is -0.850. The fourth-order valence-electron chi connectivity index (χ4n) is 1.66. The van der Waals surface area contributed by atoms with Gasteiger partial charge in [0.2, 0.25) is 0 Å². The molecule has 1 unspecified atom stereocenters. The maximum Gasteiger partial charge on any atom is 0.145 e. The first kappa shape index (κ1) is 15.2. The molecule has 1 atom stereocenters. The lowest BCUT2D eigenvalue weighted by atomic mass is 10.2. The van der Waals surface area contributed by atoms with Crippen molar-refractivity contribution in [1.82, 2.24) is 14.9 Å². The molecule has 102 valence electrons. The maximum absolute atomic E-state index is 5.39. The van der Waals surface area contributed by atoms with Crippen LogP contribution in [0.5, 0.6) is 0 Å². The molecule has 0 saturated carbocycles. The minimum Gasteiger partial charge on any atom is -0.308 e. The van der Waals surface area contributed by atoms with Crippen molar-refractivity contribution >= 4 is 17.6 Å². The number of nitrogen functional groups attached to an aromatic ring is 1. The zero-order valence-corrected chi connectivity index (χ0v) is 12.4. The minimum absolute atomic E-state index is 0.524. The Kier molecular flexibility index (Phi) is 6.38. The highest BCUT2D eigenvalue weighted by molar-refractivity contribution is 7.98. The molecule has 0 radical (unpaired) electrons. The van der Waals surface area contributed by atoms with Crippen LogP contribution in [0.3, 0.4) is 0 Å². The highest BCUT2D eigenvalue weighted by atomic mass is 32.2. The molecule has 0 spiro atoms. The van der Waals surface area contributed by atoms with E-state index in [0.29, 0.717) is 11.9 Å². The third-order valence-corrected chi connectivity index (χ3v) is 3.58. The molecule has 1 aromatic rings. The number of hydrogen-bond donors (Lipinski definition) is 2. The number of thioether (sulfide) groups is 1. The number of rotatable bonds is 7. The van der Waals surface area contributed by atoms with Crippen molar-refractivity contribution in [2.45, 2.75) is 32.9 Å². The molecule has 0 fully saturated rings. The standard InChI is InChI=1S/C12H23N5S/c1-9-7-11(16-13)15-12(14-9)8-17(3)10(2)5-6-18-4/h7,10H,5-6,8,13H2,1-4H3,(H,14,15,16). The molecule has 5 nitrogen and oxygen atoms in total. The number of aromatic nitrogens is 2. The van der Waals surface area contributed by atoms with E-state index in [4.69, 9.17) is 5.84 Å². The molecule has 0 aliphatic heterocycles. The largest absolute Gasteiger partial charge is 0.308 e. The van der Waals surface area contributed by atoms with E-state index in [2.05, 4.69) is 40.5 Å². The first-order valence-corrected chi connectivity index (χ1v) is 7.46. The molecular formula is C12H23N5S. The van der Waals surface area contributed by atoms with Crippen molar-refractivity contribution in [1.29, 1.82) is 0 Å². The average molecular weight is 269 g/mol. The Morgan fingerprint density at radius 1 is 1.50 bits per heavy atom. The highest BCUT2D eigenvalue weighted by Gasteiger charge is 2.11. The summed E-state index contributed by atoms with van der Waals surface area (Å²) in [6.45, 7) is 4.92. The van der Waals surface area contributed by atoms with Crippen molar-refractivity contribution in [3.63, 3.8) is 0 Å². The van der Waals surface area contributed by atoms with E-state index in [0.717, 1.165) is 18.1 Å². The van der Waals surface area contributed by atoms with Crippen LogP contribution in [-0.4, -0.2) is 40.0 Å². The van der Waals surface area contributed by atoms with Crippen LogP contribution < -0.4 is 11.3 Å². The number of anilines is 1. The number of nitrogens with two attached hydrogens (primary N) is 1. The van der Waals surface area contributed by atoms with E-state index >= 15 is 0 Å². The van der Waals surface area contributed by atoms with E-state index in [-0.39, 0.29) is 0 Å². The molecule has 0 aliphatic carbocycles. The Labute approximate surface area is 114 Å². The summed E-state index contributed by atoms with van der Waals surface area (Å²) >= 11 is 1.88. The van der Waals surface area contributed by atoms with Gasteiger partial charge in [0, 0.05) is 17.8 Å². The first-order chi connectivity index (χ1) is 8.56. The van der Waals surface area contributed by atoms with Crippen molar-refractivity contribution in [2.75, 3.05) is 24.5 Å². The van der Waals surface area contributed by atoms with Crippen LogP contribution in [0.1, 0.15) is 24.9 Å². The van der Waals surface area contributed by atoms with Crippen LogP contribution in [-0.2, 0) is 6.54 Å². The first-order valence-electron chi connectivity index (χ1n) is 6.07. The molecule has 1 aromatic heterocycles. The zero-order chi connectivity index (χ0) is 13.5. The van der Waals surface area contributed by atoms with Gasteiger partial charge < -0.3 is 5.43 Å². The molecule has 0 amide bonds. The number of aryl methyl sites for hydroxylation is 1. The van der Waals surface area contributed by atoms with Crippen LogP contribution in [0, 0.1) is 6.92 Å². The smallest absolute Gasteiger partial charge is 0.145 e. The topological polar surface area (TPSA) is 67.1 Å². The molecule has 1 heterocycles. The number of nitrogens with one attached hydrogen (secondary N) is 1. The summed E-state index contributed by atoms with van der Waals surface area (Å²) < 4.78 is 0. The quantitative estimate of drug-likeness (QED) is 0.579. The lowest BCUT2D eigenvalue weighted by Crippen LogP contribution is -2.30. The lowest BCUT2D eigenvalue weighted by molar-refractivity contribution is 0.239. The summed E-state index contributed by atoms with van der Waals surface area (Å²) in [7, 11) is 2.10. The molecule has 6 heteroatoms. The van der Waals surface area contributed by atoms with Gasteiger partial charge in [0.05, 0.1) is 6.54 Å². The van der Waals surface area contributed by atoms with Crippen LogP contribution in [0.2, 0.25) is 0 Å². The number of nitrogens with zero attached hydrogens (tertiary/aromatic N) is 3. The van der Waals surface area contributed by atoms with Gasteiger partial charge in [-0.05, 0) is 39.3 Å². The maximum atomic E-state index is 5.39. The van der Waals surface area contributed by atoms with Gasteiger partial charge in [-0.2, -0.15) is 11.8 Å². The van der Waals surface area contributed by atoms with Crippen LogP contribution in [0.25, 0.3) is 0 Å². The van der Waals surface area contributed by atoms with Gasteiger partial charge in [-0.3, -0.25) is 4.90 Å². The van der Waals surface area contributed by atoms with Crippen LogP contribution in [0.15, 0.2) is 6.07 Å². The highest BCUT2D eigenvalue weighted by Crippen LogP contribution is 2.10. The summed E-state index contributed by atoms with van der Waals surface area (Å²) in [6.07, 6.45) is 3.31.